The van der Waals surface area contributed by atoms with Crippen LogP contribution >= 0.6 is 0 Å². The summed E-state index contributed by atoms with van der Waals surface area (Å²) >= 11 is 0. The first-order chi connectivity index (χ1) is 17.8. The van der Waals surface area contributed by atoms with Gasteiger partial charge in [-0.05, 0) is 39.2 Å². The van der Waals surface area contributed by atoms with Crippen molar-refractivity contribution < 1.29 is 28.7 Å². The predicted molar refractivity (Wildman–Crippen MR) is 143 cm³/mol. The zero-order valence-electron chi connectivity index (χ0n) is 22.5. The molecule has 38 heavy (non-hydrogen) atoms. The fourth-order valence-electron chi connectivity index (χ4n) is 3.13. The van der Waals surface area contributed by atoms with Gasteiger partial charge >= 0.3 is 5.97 Å². The number of hydrogen-bond acceptors (Lipinski definition) is 8. The van der Waals surface area contributed by atoms with Gasteiger partial charge in [-0.25, -0.2) is 0 Å². The Kier molecular flexibility index (Phi) is 13.8. The third-order valence-electron chi connectivity index (χ3n) is 5.17. The van der Waals surface area contributed by atoms with Gasteiger partial charge in [-0.3, -0.25) is 24.2 Å². The van der Waals surface area contributed by atoms with Gasteiger partial charge in [-0.2, -0.15) is 0 Å². The minimum atomic E-state index is -1.14. The molecule has 0 heterocycles. The van der Waals surface area contributed by atoms with Gasteiger partial charge in [-0.1, -0.05) is 30.3 Å². The average molecular weight is 536 g/mol. The van der Waals surface area contributed by atoms with E-state index in [1.54, 1.807) is 20.8 Å². The second-order valence-corrected chi connectivity index (χ2v) is 9.58. The molecule has 0 saturated carbocycles. The zero-order chi connectivity index (χ0) is 28.7. The summed E-state index contributed by atoms with van der Waals surface area (Å²) in [5.74, 6) is -2.50. The zero-order valence-corrected chi connectivity index (χ0v) is 22.5. The predicted octanol–water partition coefficient (Wildman–Crippen LogP) is -1.32. The molecule has 1 rings (SSSR count). The molecule has 3 amide bonds. The molecule has 0 aromatic heterocycles. The van der Waals surface area contributed by atoms with Gasteiger partial charge in [0, 0.05) is 13.0 Å². The fraction of sp³-hybridized carbons (Fsp3) is 0.560. The van der Waals surface area contributed by atoms with E-state index in [2.05, 4.69) is 25.7 Å². The highest BCUT2D eigenvalue weighted by Crippen LogP contribution is 2.09. The van der Waals surface area contributed by atoms with Crippen molar-refractivity contribution in [2.45, 2.75) is 63.8 Å². The number of esters is 1. The molecule has 0 spiro atoms. The molecule has 0 aliphatic rings. The molecule has 0 aliphatic carbocycles. The van der Waals surface area contributed by atoms with E-state index >= 15 is 0 Å². The highest BCUT2D eigenvalue weighted by atomic mass is 16.5. The van der Waals surface area contributed by atoms with Gasteiger partial charge in [0.25, 0.3) is 0 Å². The van der Waals surface area contributed by atoms with Gasteiger partial charge in [0.1, 0.15) is 18.6 Å². The summed E-state index contributed by atoms with van der Waals surface area (Å²) in [5.41, 5.74) is 16.8. The molecule has 13 heteroatoms. The number of carbonyl (C=O) groups excluding carboxylic acids is 4. The molecule has 1 aromatic carbocycles. The summed E-state index contributed by atoms with van der Waals surface area (Å²) in [6, 6.07) is 5.97. The molecule has 0 saturated heterocycles. The lowest BCUT2D eigenvalue weighted by molar-refractivity contribution is -0.142. The Hall–Kier alpha value is -3.71. The molecule has 212 valence electrons. The van der Waals surface area contributed by atoms with Crippen LogP contribution in [0.4, 0.5) is 0 Å². The van der Waals surface area contributed by atoms with E-state index in [1.807, 2.05) is 30.3 Å². The summed E-state index contributed by atoms with van der Waals surface area (Å²) in [4.78, 5) is 54.2. The number of nitrogens with two attached hydrogens (primary N) is 3. The van der Waals surface area contributed by atoms with Crippen LogP contribution in [0.3, 0.4) is 0 Å². The molecule has 13 nitrogen and oxygen atoms in total. The summed E-state index contributed by atoms with van der Waals surface area (Å²) in [6.45, 7) is 5.16. The molecular weight excluding hydrogens is 494 g/mol. The molecule has 9 N–H and O–H groups in total. The fourth-order valence-corrected chi connectivity index (χ4v) is 3.13. The third kappa shape index (κ3) is 13.6. The van der Waals surface area contributed by atoms with E-state index < -0.39 is 47.4 Å². The van der Waals surface area contributed by atoms with Crippen LogP contribution in [0.1, 0.15) is 39.2 Å². The van der Waals surface area contributed by atoms with Crippen molar-refractivity contribution in [3.05, 3.63) is 35.9 Å². The molecule has 0 fully saturated rings. The van der Waals surface area contributed by atoms with Crippen LogP contribution < -0.4 is 33.2 Å². The second kappa shape index (κ2) is 16.2. The Labute approximate surface area is 223 Å². The highest BCUT2D eigenvalue weighted by Gasteiger charge is 2.29. The van der Waals surface area contributed by atoms with E-state index in [0.29, 0.717) is 19.4 Å². The van der Waals surface area contributed by atoms with Crippen molar-refractivity contribution in [1.82, 2.24) is 16.0 Å². The average Bonchev–Trinajstić information content (AvgIpc) is 2.86. The Morgan fingerprint density at radius 2 is 1.61 bits per heavy atom. The lowest BCUT2D eigenvalue weighted by Gasteiger charge is -2.27. The Morgan fingerprint density at radius 3 is 2.18 bits per heavy atom. The largest absolute Gasteiger partial charge is 0.468 e. The van der Waals surface area contributed by atoms with E-state index in [-0.39, 0.29) is 25.5 Å². The van der Waals surface area contributed by atoms with Crippen molar-refractivity contribution in [3.63, 3.8) is 0 Å². The van der Waals surface area contributed by atoms with Crippen molar-refractivity contribution in [3.8, 4) is 0 Å². The lowest BCUT2D eigenvalue weighted by Crippen LogP contribution is -2.58. The van der Waals surface area contributed by atoms with Crippen LogP contribution in [0.15, 0.2) is 35.3 Å². The normalized spacial score (nSPS) is 13.4. The van der Waals surface area contributed by atoms with Gasteiger partial charge in [0.15, 0.2) is 5.96 Å². The first-order valence-electron chi connectivity index (χ1n) is 12.3. The van der Waals surface area contributed by atoms with Crippen LogP contribution in [0.2, 0.25) is 0 Å². The third-order valence-corrected chi connectivity index (χ3v) is 5.17. The number of ether oxygens (including phenoxy) is 2. The molecule has 1 aromatic rings. The van der Waals surface area contributed by atoms with Gasteiger partial charge in [0.05, 0.1) is 25.4 Å². The molecule has 3 atom stereocenters. The van der Waals surface area contributed by atoms with Crippen molar-refractivity contribution >= 4 is 29.7 Å². The second-order valence-electron chi connectivity index (χ2n) is 9.58. The molecular formula is C25H41N7O6. The lowest BCUT2D eigenvalue weighted by atomic mass is 10.0. The summed E-state index contributed by atoms with van der Waals surface area (Å²) in [5, 5.41) is 7.73. The van der Waals surface area contributed by atoms with Crippen LogP contribution in [0, 0.1) is 0 Å². The topological polar surface area (TPSA) is 213 Å². The Morgan fingerprint density at radius 1 is 0.974 bits per heavy atom. The van der Waals surface area contributed by atoms with Gasteiger partial charge in [0.2, 0.25) is 17.7 Å². The summed E-state index contributed by atoms with van der Waals surface area (Å²) in [7, 11) is 1.19. The maximum absolute atomic E-state index is 13.3. The minimum Gasteiger partial charge on any atom is -0.468 e. The van der Waals surface area contributed by atoms with Crippen molar-refractivity contribution in [2.75, 3.05) is 26.8 Å². The minimum absolute atomic E-state index is 0.0526. The van der Waals surface area contributed by atoms with Crippen molar-refractivity contribution in [1.29, 1.82) is 0 Å². The first kappa shape index (κ1) is 32.3. The monoisotopic (exact) mass is 535 g/mol. The Balaban J connectivity index is 3.01. The number of guanidine groups is 1. The smallest absolute Gasteiger partial charge is 0.325 e. The maximum atomic E-state index is 13.3. The number of rotatable bonds is 15. The number of benzene rings is 1. The molecule has 0 unspecified atom stereocenters. The van der Waals surface area contributed by atoms with Crippen LogP contribution in [-0.2, 0) is 35.1 Å². The number of nitrogens with one attached hydrogen (secondary N) is 3. The molecule has 0 bridgehead atoms. The molecule has 0 aliphatic heterocycles. The van der Waals surface area contributed by atoms with Crippen LogP contribution in [0.25, 0.3) is 0 Å². The van der Waals surface area contributed by atoms with E-state index in [9.17, 15) is 19.2 Å². The quantitative estimate of drug-likeness (QED) is 0.0679. The SMILES string of the molecule is COC(=O)CNC(=O)[C@H](COC(C)(C)C)NC(=O)[C@H](Cc1ccccc1)NC(=O)[C@@H](N)CCCN=C(N)N. The number of aliphatic imine (C=N–C) groups is 1. The number of methoxy groups -OCH3 is 1. The van der Waals surface area contributed by atoms with Crippen LogP contribution in [0.5, 0.6) is 0 Å². The van der Waals surface area contributed by atoms with Crippen LogP contribution in [-0.4, -0.2) is 80.2 Å². The van der Waals surface area contributed by atoms with Gasteiger partial charge in [-0.15, -0.1) is 0 Å². The Bertz CT molecular complexity index is 945. The van der Waals surface area contributed by atoms with E-state index in [0.717, 1.165) is 5.56 Å². The molecule has 0 radical (unpaired) electrons. The summed E-state index contributed by atoms with van der Waals surface area (Å²) in [6.07, 6.45) is 0.907. The van der Waals surface area contributed by atoms with Crippen molar-refractivity contribution in [2.24, 2.45) is 22.2 Å². The summed E-state index contributed by atoms with van der Waals surface area (Å²) < 4.78 is 10.3. The first-order valence-corrected chi connectivity index (χ1v) is 12.3. The van der Waals surface area contributed by atoms with E-state index in [4.69, 9.17) is 21.9 Å². The standard InChI is InChI=1S/C25H41N7O6/c1-25(2,3)38-15-19(22(35)30-14-20(33)37-4)32-23(36)18(13-16-9-6-5-7-10-16)31-21(34)17(26)11-8-12-29-24(27)28/h5-7,9-10,17-19H,8,11-15,26H2,1-4H3,(H,30,35)(H,31,34)(H,32,36)(H4,27,28,29)/t17-,18-,19-/m0/s1. The maximum Gasteiger partial charge on any atom is 0.325 e. The number of nitrogens with zero attached hydrogens (tertiary/aromatic N) is 1. The van der Waals surface area contributed by atoms with E-state index in [1.165, 1.54) is 7.11 Å². The number of amides is 3. The number of hydrogen-bond donors (Lipinski definition) is 6. The number of carbonyl (C=O) groups is 4. The van der Waals surface area contributed by atoms with Gasteiger partial charge < -0.3 is 42.6 Å². The highest BCUT2D eigenvalue weighted by molar-refractivity contribution is 5.94.